The molecule has 0 aliphatic carbocycles. The van der Waals surface area contributed by atoms with Gasteiger partial charge in [-0.3, -0.25) is 10.1 Å². The molecule has 5 nitrogen and oxygen atoms in total. The first kappa shape index (κ1) is 15.5. The summed E-state index contributed by atoms with van der Waals surface area (Å²) in [4.78, 5) is 13.9. The number of nitro benzene ring substituents is 1. The van der Waals surface area contributed by atoms with Gasteiger partial charge in [0.05, 0.1) is 11.0 Å². The van der Waals surface area contributed by atoms with E-state index in [9.17, 15) is 14.5 Å². The molecule has 0 saturated carbocycles. The number of rotatable bonds is 4. The van der Waals surface area contributed by atoms with Gasteiger partial charge in [-0.2, -0.15) is 0 Å². The molecule has 2 rings (SSSR count). The van der Waals surface area contributed by atoms with Crippen LogP contribution in [0.15, 0.2) is 24.3 Å². The summed E-state index contributed by atoms with van der Waals surface area (Å²) in [6.45, 7) is 1.47. The van der Waals surface area contributed by atoms with Gasteiger partial charge in [0.25, 0.3) is 5.69 Å². The van der Waals surface area contributed by atoms with Gasteiger partial charge in [0.1, 0.15) is 16.9 Å². The first-order valence-corrected chi connectivity index (χ1v) is 6.52. The highest BCUT2D eigenvalue weighted by Gasteiger charge is 2.16. The van der Waals surface area contributed by atoms with Crippen molar-refractivity contribution in [1.29, 1.82) is 0 Å². The van der Waals surface area contributed by atoms with Crippen LogP contribution in [0.25, 0.3) is 0 Å². The van der Waals surface area contributed by atoms with Gasteiger partial charge in [-0.15, -0.1) is 0 Å². The predicted octanol–water partition coefficient (Wildman–Crippen LogP) is 4.32. The molecular formula is C13H9Cl2FN2O3. The number of pyridine rings is 1. The van der Waals surface area contributed by atoms with Crippen LogP contribution in [0.2, 0.25) is 10.3 Å². The minimum Gasteiger partial charge on any atom is -0.486 e. The molecule has 0 aliphatic rings. The Morgan fingerprint density at radius 1 is 1.38 bits per heavy atom. The van der Waals surface area contributed by atoms with Crippen molar-refractivity contribution in [2.24, 2.45) is 0 Å². The summed E-state index contributed by atoms with van der Waals surface area (Å²) in [5.41, 5.74) is 0.527. The number of nitro groups is 1. The van der Waals surface area contributed by atoms with Crippen LogP contribution in [0, 0.1) is 22.9 Å². The van der Waals surface area contributed by atoms with Crippen molar-refractivity contribution in [2.75, 3.05) is 0 Å². The Labute approximate surface area is 129 Å². The van der Waals surface area contributed by atoms with E-state index >= 15 is 0 Å². The Kier molecular flexibility index (Phi) is 4.59. The minimum atomic E-state index is -0.814. The van der Waals surface area contributed by atoms with E-state index < -0.39 is 10.7 Å². The van der Waals surface area contributed by atoms with Gasteiger partial charge in [-0.1, -0.05) is 23.2 Å². The van der Waals surface area contributed by atoms with Gasteiger partial charge in [0.15, 0.2) is 11.6 Å². The SMILES string of the molecule is Cc1cc(OCc2ccc(Cl)nc2Cl)c(F)cc1[N+](=O)[O-]. The van der Waals surface area contributed by atoms with Gasteiger partial charge in [0.2, 0.25) is 0 Å². The van der Waals surface area contributed by atoms with E-state index in [1.807, 2.05) is 0 Å². The third-order valence-corrected chi connectivity index (χ3v) is 3.26. The molecule has 0 saturated heterocycles. The van der Waals surface area contributed by atoms with Gasteiger partial charge in [-0.25, -0.2) is 9.37 Å². The molecule has 8 heteroatoms. The topological polar surface area (TPSA) is 65.3 Å². The van der Waals surface area contributed by atoms with E-state index in [0.29, 0.717) is 11.1 Å². The van der Waals surface area contributed by atoms with Crippen LogP contribution < -0.4 is 4.74 Å². The molecule has 0 aliphatic heterocycles. The van der Waals surface area contributed by atoms with Crippen LogP contribution in [-0.4, -0.2) is 9.91 Å². The fraction of sp³-hybridized carbons (Fsp3) is 0.154. The van der Waals surface area contributed by atoms with Crippen LogP contribution in [-0.2, 0) is 6.61 Å². The van der Waals surface area contributed by atoms with E-state index in [0.717, 1.165) is 6.07 Å². The lowest BCUT2D eigenvalue weighted by atomic mass is 10.2. The summed E-state index contributed by atoms with van der Waals surface area (Å²) in [7, 11) is 0. The molecule has 1 aromatic heterocycles. The van der Waals surface area contributed by atoms with Crippen molar-refractivity contribution in [3.05, 3.63) is 61.6 Å². The first-order chi connectivity index (χ1) is 9.88. The number of ether oxygens (including phenoxy) is 1. The molecule has 110 valence electrons. The van der Waals surface area contributed by atoms with Crippen LogP contribution >= 0.6 is 23.2 Å². The number of aryl methyl sites for hydroxylation is 1. The van der Waals surface area contributed by atoms with E-state index in [1.54, 1.807) is 6.07 Å². The Morgan fingerprint density at radius 3 is 2.71 bits per heavy atom. The summed E-state index contributed by atoms with van der Waals surface area (Å²) in [5, 5.41) is 11.1. The lowest BCUT2D eigenvalue weighted by molar-refractivity contribution is -0.385. The fourth-order valence-corrected chi connectivity index (χ4v) is 2.06. The van der Waals surface area contributed by atoms with Crippen LogP contribution in [0.4, 0.5) is 10.1 Å². The zero-order valence-corrected chi connectivity index (χ0v) is 12.3. The zero-order valence-electron chi connectivity index (χ0n) is 10.8. The molecule has 0 atom stereocenters. The summed E-state index contributed by atoms with van der Waals surface area (Å²) in [6.07, 6.45) is 0. The van der Waals surface area contributed by atoms with Crippen molar-refractivity contribution in [2.45, 2.75) is 13.5 Å². The summed E-state index contributed by atoms with van der Waals surface area (Å²) < 4.78 is 19.1. The van der Waals surface area contributed by atoms with Crippen molar-refractivity contribution in [3.8, 4) is 5.75 Å². The number of benzene rings is 1. The maximum absolute atomic E-state index is 13.8. The average Bonchev–Trinajstić information content (AvgIpc) is 2.40. The number of halogens is 3. The first-order valence-electron chi connectivity index (χ1n) is 5.76. The highest BCUT2D eigenvalue weighted by molar-refractivity contribution is 6.32. The second-order valence-corrected chi connectivity index (χ2v) is 4.94. The van der Waals surface area contributed by atoms with Crippen molar-refractivity contribution in [1.82, 2.24) is 4.98 Å². The number of nitrogens with zero attached hydrogens (tertiary/aromatic N) is 2. The van der Waals surface area contributed by atoms with E-state index in [-0.39, 0.29) is 28.3 Å². The van der Waals surface area contributed by atoms with E-state index in [2.05, 4.69) is 4.98 Å². The van der Waals surface area contributed by atoms with Gasteiger partial charge >= 0.3 is 0 Å². The van der Waals surface area contributed by atoms with Crippen molar-refractivity contribution >= 4 is 28.9 Å². The number of aromatic nitrogens is 1. The Morgan fingerprint density at radius 2 is 2.10 bits per heavy atom. The average molecular weight is 331 g/mol. The fourth-order valence-electron chi connectivity index (χ4n) is 1.66. The normalized spacial score (nSPS) is 10.5. The highest BCUT2D eigenvalue weighted by Crippen LogP contribution is 2.28. The largest absolute Gasteiger partial charge is 0.486 e. The van der Waals surface area contributed by atoms with Gasteiger partial charge in [0, 0.05) is 11.1 Å². The molecule has 0 unspecified atom stereocenters. The van der Waals surface area contributed by atoms with E-state index in [1.165, 1.54) is 19.1 Å². The lowest BCUT2D eigenvalue weighted by Crippen LogP contribution is -2.01. The number of hydrogen-bond donors (Lipinski definition) is 0. The molecule has 0 radical (unpaired) electrons. The van der Waals surface area contributed by atoms with Gasteiger partial charge < -0.3 is 4.74 Å². The van der Waals surface area contributed by atoms with Gasteiger partial charge in [-0.05, 0) is 25.1 Å². The zero-order chi connectivity index (χ0) is 15.6. The third kappa shape index (κ3) is 3.59. The Hall–Kier alpha value is -1.92. The number of hydrogen-bond acceptors (Lipinski definition) is 4. The molecule has 0 bridgehead atoms. The molecular weight excluding hydrogens is 322 g/mol. The monoisotopic (exact) mass is 330 g/mol. The predicted molar refractivity (Wildman–Crippen MR) is 76.4 cm³/mol. The van der Waals surface area contributed by atoms with E-state index in [4.69, 9.17) is 27.9 Å². The summed E-state index contributed by atoms with van der Waals surface area (Å²) in [5.74, 6) is -0.908. The van der Waals surface area contributed by atoms with Crippen molar-refractivity contribution < 1.29 is 14.1 Å². The van der Waals surface area contributed by atoms with Crippen LogP contribution in [0.1, 0.15) is 11.1 Å². The summed E-state index contributed by atoms with van der Waals surface area (Å²) >= 11 is 11.5. The standard InChI is InChI=1S/C13H9Cl2FN2O3/c1-7-4-11(9(16)5-10(7)18(19)20)21-6-8-2-3-12(14)17-13(8)15/h2-5H,6H2,1H3. The summed E-state index contributed by atoms with van der Waals surface area (Å²) in [6, 6.07) is 5.23. The maximum atomic E-state index is 13.8. The highest BCUT2D eigenvalue weighted by atomic mass is 35.5. The quantitative estimate of drug-likeness (QED) is 0.475. The van der Waals surface area contributed by atoms with Crippen LogP contribution in [0.3, 0.4) is 0 Å². The lowest BCUT2D eigenvalue weighted by Gasteiger charge is -2.09. The second kappa shape index (κ2) is 6.24. The van der Waals surface area contributed by atoms with Crippen molar-refractivity contribution in [3.63, 3.8) is 0 Å². The smallest absolute Gasteiger partial charge is 0.275 e. The maximum Gasteiger partial charge on any atom is 0.275 e. The molecule has 2 aromatic rings. The third-order valence-electron chi connectivity index (χ3n) is 2.72. The molecule has 21 heavy (non-hydrogen) atoms. The molecule has 0 amide bonds. The molecule has 0 spiro atoms. The molecule has 1 aromatic carbocycles. The molecule has 1 heterocycles. The Bertz CT molecular complexity index is 710. The minimum absolute atomic E-state index is 0.0306. The Balaban J connectivity index is 2.20. The molecule has 0 N–H and O–H groups in total. The second-order valence-electron chi connectivity index (χ2n) is 4.20. The molecule has 0 fully saturated rings. The van der Waals surface area contributed by atoms with Crippen LogP contribution in [0.5, 0.6) is 5.75 Å².